The Morgan fingerprint density at radius 1 is 1.35 bits per heavy atom. The lowest BCUT2D eigenvalue weighted by molar-refractivity contribution is 0.0745. The van der Waals surface area contributed by atoms with Crippen LogP contribution in [0, 0.1) is 5.41 Å². The highest BCUT2D eigenvalue weighted by atomic mass is 35.5. The molecule has 2 rings (SSSR count). The van der Waals surface area contributed by atoms with Crippen molar-refractivity contribution < 1.29 is 4.79 Å². The normalized spacial score (nSPS) is 11.2. The quantitative estimate of drug-likeness (QED) is 0.940. The molecule has 5 heteroatoms. The molecule has 0 radical (unpaired) electrons. The van der Waals surface area contributed by atoms with Gasteiger partial charge >= 0.3 is 0 Å². The molecule has 0 spiro atoms. The number of nitrogens with zero attached hydrogens (tertiary/aromatic N) is 1. The molecule has 20 heavy (non-hydrogen) atoms. The number of hydrogen-bond donors (Lipinski definition) is 1. The van der Waals surface area contributed by atoms with Gasteiger partial charge in [0, 0.05) is 18.3 Å². The smallest absolute Gasteiger partial charge is 0.263 e. The van der Waals surface area contributed by atoms with Gasteiger partial charge in [-0.05, 0) is 29.5 Å². The molecule has 0 bridgehead atoms. The molecule has 0 aliphatic heterocycles. The molecule has 2 aromatic rings. The van der Waals surface area contributed by atoms with Gasteiger partial charge in [0.1, 0.15) is 0 Å². The van der Waals surface area contributed by atoms with Crippen LogP contribution < -0.4 is 5.73 Å². The number of fused-ring (bicyclic) bond motifs is 1. The fourth-order valence-electron chi connectivity index (χ4n) is 2.05. The zero-order valence-corrected chi connectivity index (χ0v) is 13.7. The van der Waals surface area contributed by atoms with E-state index in [9.17, 15) is 4.79 Å². The van der Waals surface area contributed by atoms with E-state index in [2.05, 4.69) is 13.8 Å². The van der Waals surface area contributed by atoms with E-state index in [0.717, 1.165) is 15.0 Å². The second-order valence-corrected chi connectivity index (χ2v) is 6.76. The zero-order chi connectivity index (χ0) is 14.0. The number of hydrogen-bond acceptors (Lipinski definition) is 3. The molecule has 0 saturated carbocycles. The predicted molar refractivity (Wildman–Crippen MR) is 88.9 cm³/mol. The molecule has 1 heterocycles. The van der Waals surface area contributed by atoms with Crippen LogP contribution in [0.1, 0.15) is 23.5 Å². The van der Waals surface area contributed by atoms with Crippen LogP contribution in [-0.4, -0.2) is 30.9 Å². The maximum Gasteiger partial charge on any atom is 0.263 e. The highest BCUT2D eigenvalue weighted by Gasteiger charge is 2.22. The summed E-state index contributed by atoms with van der Waals surface area (Å²) in [5.41, 5.74) is 5.66. The van der Waals surface area contributed by atoms with Gasteiger partial charge in [0.2, 0.25) is 0 Å². The Balaban J connectivity index is 0.00000200. The van der Waals surface area contributed by atoms with Crippen LogP contribution in [0.25, 0.3) is 10.1 Å². The lowest BCUT2D eigenvalue weighted by Crippen LogP contribution is -2.39. The van der Waals surface area contributed by atoms with Crippen molar-refractivity contribution in [3.63, 3.8) is 0 Å². The highest BCUT2D eigenvalue weighted by molar-refractivity contribution is 7.20. The first-order valence-electron chi connectivity index (χ1n) is 6.37. The molecule has 0 aliphatic carbocycles. The molecule has 1 aromatic carbocycles. The van der Waals surface area contributed by atoms with Gasteiger partial charge in [-0.25, -0.2) is 0 Å². The third kappa shape index (κ3) is 3.72. The second kappa shape index (κ2) is 6.57. The number of amides is 1. The van der Waals surface area contributed by atoms with Crippen molar-refractivity contribution in [1.82, 2.24) is 4.90 Å². The Hall–Kier alpha value is -1.10. The third-order valence-electron chi connectivity index (χ3n) is 3.20. The van der Waals surface area contributed by atoms with E-state index >= 15 is 0 Å². The SMILES string of the molecule is CN(CC(C)(C)CN)C(=O)c1cc2ccccc2s1.Cl. The Morgan fingerprint density at radius 3 is 2.60 bits per heavy atom. The lowest BCUT2D eigenvalue weighted by Gasteiger charge is -2.28. The molecule has 0 fully saturated rings. The number of carbonyl (C=O) groups excluding carboxylic acids is 1. The van der Waals surface area contributed by atoms with Gasteiger partial charge in [-0.3, -0.25) is 4.79 Å². The first-order chi connectivity index (χ1) is 8.93. The van der Waals surface area contributed by atoms with Crippen LogP contribution in [0.3, 0.4) is 0 Å². The lowest BCUT2D eigenvalue weighted by atomic mass is 9.93. The summed E-state index contributed by atoms with van der Waals surface area (Å²) >= 11 is 1.54. The number of halogens is 1. The minimum atomic E-state index is -0.0545. The second-order valence-electron chi connectivity index (χ2n) is 5.68. The molecule has 110 valence electrons. The maximum atomic E-state index is 12.4. The molecule has 2 N–H and O–H groups in total. The summed E-state index contributed by atoms with van der Waals surface area (Å²) in [7, 11) is 1.84. The molecule has 1 amide bonds. The minimum Gasteiger partial charge on any atom is -0.340 e. The van der Waals surface area contributed by atoms with E-state index in [4.69, 9.17) is 5.73 Å². The van der Waals surface area contributed by atoms with Crippen LogP contribution in [-0.2, 0) is 0 Å². The molecule has 0 atom stereocenters. The number of benzene rings is 1. The van der Waals surface area contributed by atoms with E-state index in [1.54, 1.807) is 16.2 Å². The number of rotatable bonds is 4. The van der Waals surface area contributed by atoms with Gasteiger partial charge in [-0.2, -0.15) is 0 Å². The predicted octanol–water partition coefficient (Wildman–Crippen LogP) is 3.38. The van der Waals surface area contributed by atoms with Crippen molar-refractivity contribution in [3.8, 4) is 0 Å². The standard InChI is InChI=1S/C15H20N2OS.ClH/c1-15(2,9-16)10-17(3)14(18)13-8-11-6-4-5-7-12(11)19-13;/h4-8H,9-10,16H2,1-3H3;1H. The molecular weight excluding hydrogens is 292 g/mol. The van der Waals surface area contributed by atoms with Crippen molar-refractivity contribution in [1.29, 1.82) is 0 Å². The van der Waals surface area contributed by atoms with Gasteiger partial charge in [0.05, 0.1) is 4.88 Å². The van der Waals surface area contributed by atoms with E-state index in [1.807, 2.05) is 37.4 Å². The first-order valence-corrected chi connectivity index (χ1v) is 7.19. The van der Waals surface area contributed by atoms with Crippen molar-refractivity contribution in [3.05, 3.63) is 35.2 Å². The minimum absolute atomic E-state index is 0. The average molecular weight is 313 g/mol. The zero-order valence-electron chi connectivity index (χ0n) is 12.1. The summed E-state index contributed by atoms with van der Waals surface area (Å²) in [4.78, 5) is 15.0. The summed E-state index contributed by atoms with van der Waals surface area (Å²) in [5, 5.41) is 1.13. The van der Waals surface area contributed by atoms with E-state index in [1.165, 1.54) is 0 Å². The summed E-state index contributed by atoms with van der Waals surface area (Å²) in [6, 6.07) is 10.0. The average Bonchev–Trinajstić information content (AvgIpc) is 2.81. The summed E-state index contributed by atoms with van der Waals surface area (Å²) in [6.45, 7) is 5.37. The molecule has 1 aromatic heterocycles. The Morgan fingerprint density at radius 2 is 2.00 bits per heavy atom. The molecule has 0 unspecified atom stereocenters. The summed E-state index contributed by atoms with van der Waals surface area (Å²) in [5.74, 6) is 0.0720. The number of carbonyl (C=O) groups is 1. The van der Waals surface area contributed by atoms with E-state index in [-0.39, 0.29) is 23.7 Å². The van der Waals surface area contributed by atoms with Gasteiger partial charge in [0.25, 0.3) is 5.91 Å². The van der Waals surface area contributed by atoms with Crippen molar-refractivity contribution in [2.75, 3.05) is 20.1 Å². The van der Waals surface area contributed by atoms with Gasteiger partial charge in [-0.15, -0.1) is 23.7 Å². The van der Waals surface area contributed by atoms with Gasteiger partial charge in [0.15, 0.2) is 0 Å². The largest absolute Gasteiger partial charge is 0.340 e. The summed E-state index contributed by atoms with van der Waals surface area (Å²) in [6.07, 6.45) is 0. The van der Waals surface area contributed by atoms with Crippen LogP contribution in [0.5, 0.6) is 0 Å². The molecule has 0 saturated heterocycles. The fraction of sp³-hybridized carbons (Fsp3) is 0.400. The topological polar surface area (TPSA) is 46.3 Å². The maximum absolute atomic E-state index is 12.4. The van der Waals surface area contributed by atoms with Gasteiger partial charge in [-0.1, -0.05) is 32.0 Å². The number of nitrogens with two attached hydrogens (primary N) is 1. The van der Waals surface area contributed by atoms with Crippen molar-refractivity contribution in [2.45, 2.75) is 13.8 Å². The van der Waals surface area contributed by atoms with Crippen LogP contribution >= 0.6 is 23.7 Å². The first kappa shape index (κ1) is 17.0. The van der Waals surface area contributed by atoms with Crippen LogP contribution in [0.4, 0.5) is 0 Å². The fourth-order valence-corrected chi connectivity index (χ4v) is 3.11. The van der Waals surface area contributed by atoms with Crippen molar-refractivity contribution in [2.24, 2.45) is 11.1 Å². The van der Waals surface area contributed by atoms with Crippen LogP contribution in [0.15, 0.2) is 30.3 Å². The Bertz CT molecular complexity index is 561. The number of thiophene rings is 1. The van der Waals surface area contributed by atoms with E-state index in [0.29, 0.717) is 13.1 Å². The van der Waals surface area contributed by atoms with Crippen LogP contribution in [0.2, 0.25) is 0 Å². The van der Waals surface area contributed by atoms with E-state index < -0.39 is 0 Å². The van der Waals surface area contributed by atoms with Gasteiger partial charge < -0.3 is 10.6 Å². The molecule has 3 nitrogen and oxygen atoms in total. The summed E-state index contributed by atoms with van der Waals surface area (Å²) < 4.78 is 1.15. The third-order valence-corrected chi connectivity index (χ3v) is 4.30. The Kier molecular flexibility index (Phi) is 5.57. The highest BCUT2D eigenvalue weighted by Crippen LogP contribution is 2.26. The Labute approximate surface area is 130 Å². The monoisotopic (exact) mass is 312 g/mol. The molecular formula is C15H21ClN2OS. The molecule has 0 aliphatic rings. The van der Waals surface area contributed by atoms with Crippen molar-refractivity contribution >= 4 is 39.7 Å².